The fourth-order valence-corrected chi connectivity index (χ4v) is 5.00. The van der Waals surface area contributed by atoms with Gasteiger partial charge in [0.15, 0.2) is 0 Å². The van der Waals surface area contributed by atoms with Crippen molar-refractivity contribution in [1.82, 2.24) is 9.97 Å². The van der Waals surface area contributed by atoms with E-state index in [-0.39, 0.29) is 6.04 Å². The van der Waals surface area contributed by atoms with Crippen molar-refractivity contribution in [1.29, 1.82) is 0 Å². The lowest BCUT2D eigenvalue weighted by Gasteiger charge is -2.25. The first-order chi connectivity index (χ1) is 15.6. The van der Waals surface area contributed by atoms with Gasteiger partial charge in [-0.05, 0) is 61.7 Å². The Bertz CT molecular complexity index is 1110. The monoisotopic (exact) mass is 428 g/mol. The minimum absolute atomic E-state index is 0.135. The van der Waals surface area contributed by atoms with Crippen LogP contribution in [0.15, 0.2) is 48.5 Å². The summed E-state index contributed by atoms with van der Waals surface area (Å²) in [5.74, 6) is 1.62. The molecule has 2 aliphatic rings. The largest absolute Gasteiger partial charge is 0.488 e. The van der Waals surface area contributed by atoms with Gasteiger partial charge in [-0.3, -0.25) is 0 Å². The van der Waals surface area contributed by atoms with Crippen LogP contribution in [-0.4, -0.2) is 33.2 Å². The third-order valence-electron chi connectivity index (χ3n) is 6.61. The summed E-state index contributed by atoms with van der Waals surface area (Å²) in [5.41, 5.74) is 6.10. The van der Waals surface area contributed by atoms with Crippen molar-refractivity contribution in [2.45, 2.75) is 58.0 Å². The SMILES string of the molecule is CC1Cc2c(B(O)O)cccc2N1c1nc2c(c(NCc3ccccc3)n1)CCCCC2. The molecule has 7 heteroatoms. The van der Waals surface area contributed by atoms with Gasteiger partial charge in [-0.1, -0.05) is 48.9 Å². The first-order valence-electron chi connectivity index (χ1n) is 11.6. The van der Waals surface area contributed by atoms with Gasteiger partial charge in [0.05, 0.1) is 5.69 Å². The Morgan fingerprint density at radius 3 is 2.59 bits per heavy atom. The van der Waals surface area contributed by atoms with Crippen molar-refractivity contribution in [3.05, 3.63) is 70.9 Å². The van der Waals surface area contributed by atoms with Gasteiger partial charge in [0.2, 0.25) is 5.95 Å². The molecule has 2 heterocycles. The second kappa shape index (κ2) is 8.92. The van der Waals surface area contributed by atoms with Crippen molar-refractivity contribution in [3.8, 4) is 0 Å². The van der Waals surface area contributed by atoms with E-state index in [2.05, 4.69) is 41.4 Å². The zero-order valence-electron chi connectivity index (χ0n) is 18.5. The van der Waals surface area contributed by atoms with Crippen molar-refractivity contribution in [3.63, 3.8) is 0 Å². The molecule has 6 nitrogen and oxygen atoms in total. The number of rotatable bonds is 5. The van der Waals surface area contributed by atoms with Gasteiger partial charge in [-0.25, -0.2) is 4.98 Å². The van der Waals surface area contributed by atoms with Gasteiger partial charge in [-0.2, -0.15) is 4.98 Å². The molecule has 1 aliphatic carbocycles. The third-order valence-corrected chi connectivity index (χ3v) is 6.61. The van der Waals surface area contributed by atoms with E-state index in [9.17, 15) is 10.0 Å². The number of hydrogen-bond donors (Lipinski definition) is 3. The number of benzene rings is 2. The van der Waals surface area contributed by atoms with E-state index in [1.165, 1.54) is 17.5 Å². The second-order valence-corrected chi connectivity index (χ2v) is 8.84. The number of hydrogen-bond acceptors (Lipinski definition) is 6. The summed E-state index contributed by atoms with van der Waals surface area (Å²) in [5, 5.41) is 23.3. The zero-order valence-corrected chi connectivity index (χ0v) is 18.5. The summed E-state index contributed by atoms with van der Waals surface area (Å²) >= 11 is 0. The molecule has 2 aromatic carbocycles. The lowest BCUT2D eigenvalue weighted by Crippen LogP contribution is -2.32. The van der Waals surface area contributed by atoms with Crippen LogP contribution in [0.25, 0.3) is 0 Å². The zero-order chi connectivity index (χ0) is 22.1. The predicted octanol–water partition coefficient (Wildman–Crippen LogP) is 3.12. The first kappa shape index (κ1) is 21.0. The fourth-order valence-electron chi connectivity index (χ4n) is 5.00. The molecule has 0 amide bonds. The van der Waals surface area contributed by atoms with Crippen LogP contribution in [0.1, 0.15) is 48.6 Å². The van der Waals surface area contributed by atoms with E-state index < -0.39 is 7.12 Å². The molecule has 32 heavy (non-hydrogen) atoms. The lowest BCUT2D eigenvalue weighted by atomic mass is 9.76. The average molecular weight is 428 g/mol. The summed E-state index contributed by atoms with van der Waals surface area (Å²) in [6.45, 7) is 2.86. The van der Waals surface area contributed by atoms with E-state index in [1.54, 1.807) is 6.07 Å². The third kappa shape index (κ3) is 3.98. The maximum absolute atomic E-state index is 9.84. The molecule has 0 saturated heterocycles. The standard InChI is InChI=1S/C25H29BN4O2/c1-17-15-20-21(26(31)32)12-8-14-23(20)30(17)25-28-22-13-7-3-6-11-19(22)24(29-25)27-16-18-9-4-2-5-10-18/h2,4-5,8-10,12,14,17,31-32H,3,6-7,11,13,15-16H2,1H3,(H,27,28,29). The highest BCUT2D eigenvalue weighted by Gasteiger charge is 2.34. The van der Waals surface area contributed by atoms with Crippen LogP contribution in [0.2, 0.25) is 0 Å². The Labute approximate surface area is 189 Å². The summed E-state index contributed by atoms with van der Waals surface area (Å²) in [6, 6.07) is 16.2. The molecule has 164 valence electrons. The number of fused-ring (bicyclic) bond motifs is 2. The minimum Gasteiger partial charge on any atom is -0.423 e. The predicted molar refractivity (Wildman–Crippen MR) is 129 cm³/mol. The topological polar surface area (TPSA) is 81.5 Å². The van der Waals surface area contributed by atoms with Gasteiger partial charge in [0, 0.05) is 23.8 Å². The number of aryl methyl sites for hydroxylation is 1. The first-order valence-corrected chi connectivity index (χ1v) is 11.6. The molecular formula is C25H29BN4O2. The highest BCUT2D eigenvalue weighted by atomic mass is 16.4. The van der Waals surface area contributed by atoms with Crippen molar-refractivity contribution in [2.24, 2.45) is 0 Å². The molecule has 0 spiro atoms. The summed E-state index contributed by atoms with van der Waals surface area (Å²) in [4.78, 5) is 12.2. The molecule has 1 aromatic heterocycles. The molecule has 3 aromatic rings. The van der Waals surface area contributed by atoms with Crippen molar-refractivity contribution < 1.29 is 10.0 Å². The quantitative estimate of drug-likeness (QED) is 0.428. The summed E-state index contributed by atoms with van der Waals surface area (Å²) in [6.07, 6.45) is 6.22. The summed E-state index contributed by atoms with van der Waals surface area (Å²) < 4.78 is 0. The maximum Gasteiger partial charge on any atom is 0.488 e. The van der Waals surface area contributed by atoms with Gasteiger partial charge in [-0.15, -0.1) is 0 Å². The molecule has 0 radical (unpaired) electrons. The van der Waals surface area contributed by atoms with Gasteiger partial charge < -0.3 is 20.3 Å². The van der Waals surface area contributed by atoms with Crippen LogP contribution < -0.4 is 15.7 Å². The molecule has 1 unspecified atom stereocenters. The van der Waals surface area contributed by atoms with Crippen LogP contribution >= 0.6 is 0 Å². The second-order valence-electron chi connectivity index (χ2n) is 8.84. The van der Waals surface area contributed by atoms with Crippen LogP contribution in [0.5, 0.6) is 0 Å². The van der Waals surface area contributed by atoms with E-state index in [0.29, 0.717) is 11.4 Å². The number of aromatic nitrogens is 2. The van der Waals surface area contributed by atoms with Crippen LogP contribution in [0, 0.1) is 0 Å². The molecule has 0 fully saturated rings. The Balaban J connectivity index is 1.55. The van der Waals surface area contributed by atoms with E-state index >= 15 is 0 Å². The molecule has 0 saturated carbocycles. The molecule has 1 atom stereocenters. The van der Waals surface area contributed by atoms with Crippen LogP contribution in [0.4, 0.5) is 17.5 Å². The van der Waals surface area contributed by atoms with E-state index in [0.717, 1.165) is 61.4 Å². The molecule has 3 N–H and O–H groups in total. The molecule has 0 bridgehead atoms. The van der Waals surface area contributed by atoms with E-state index in [4.69, 9.17) is 9.97 Å². The van der Waals surface area contributed by atoms with Gasteiger partial charge >= 0.3 is 7.12 Å². The normalized spacial score (nSPS) is 17.5. The summed E-state index contributed by atoms with van der Waals surface area (Å²) in [7, 11) is -1.48. The van der Waals surface area contributed by atoms with Crippen LogP contribution in [0.3, 0.4) is 0 Å². The van der Waals surface area contributed by atoms with Gasteiger partial charge in [0.25, 0.3) is 0 Å². The molecular weight excluding hydrogens is 399 g/mol. The Hall–Kier alpha value is -2.90. The highest BCUT2D eigenvalue weighted by molar-refractivity contribution is 6.59. The number of nitrogens with one attached hydrogen (secondary N) is 1. The Morgan fingerprint density at radius 2 is 1.78 bits per heavy atom. The average Bonchev–Trinajstić information content (AvgIpc) is 2.96. The Kier molecular flexibility index (Phi) is 5.85. The minimum atomic E-state index is -1.48. The molecule has 1 aliphatic heterocycles. The lowest BCUT2D eigenvalue weighted by molar-refractivity contribution is 0.425. The van der Waals surface area contributed by atoms with Crippen molar-refractivity contribution in [2.75, 3.05) is 10.2 Å². The maximum atomic E-state index is 9.84. The van der Waals surface area contributed by atoms with Crippen LogP contribution in [-0.2, 0) is 25.8 Å². The van der Waals surface area contributed by atoms with Gasteiger partial charge in [0.1, 0.15) is 5.82 Å². The number of anilines is 3. The smallest absolute Gasteiger partial charge is 0.423 e. The highest BCUT2D eigenvalue weighted by Crippen LogP contribution is 2.37. The number of nitrogens with zero attached hydrogens (tertiary/aromatic N) is 3. The van der Waals surface area contributed by atoms with E-state index in [1.807, 2.05) is 18.2 Å². The fraction of sp³-hybridized carbons (Fsp3) is 0.360. The molecule has 5 rings (SSSR count). The Morgan fingerprint density at radius 1 is 0.969 bits per heavy atom. The van der Waals surface area contributed by atoms with Crippen molar-refractivity contribution >= 4 is 30.0 Å².